The molecule has 0 aliphatic rings. The van der Waals surface area contributed by atoms with E-state index in [1.165, 1.54) is 23.6 Å². The van der Waals surface area contributed by atoms with Crippen molar-refractivity contribution in [2.75, 3.05) is 5.73 Å². The molecule has 0 unspecified atom stereocenters. The number of halogens is 3. The van der Waals surface area contributed by atoms with Crippen molar-refractivity contribution < 1.29 is 13.2 Å². The SMILES string of the molecule is Nc1ncc(-c2cccc(C(F)(F)F)c2)c(-c2cccs2)n1. The van der Waals surface area contributed by atoms with E-state index in [0.717, 1.165) is 17.0 Å². The largest absolute Gasteiger partial charge is 0.416 e. The van der Waals surface area contributed by atoms with Crippen LogP contribution in [0.5, 0.6) is 0 Å². The molecule has 0 bridgehead atoms. The Bertz CT molecular complexity index is 798. The highest BCUT2D eigenvalue weighted by atomic mass is 32.1. The number of nitrogens with zero attached hydrogens (tertiary/aromatic N) is 2. The van der Waals surface area contributed by atoms with Crippen LogP contribution in [-0.4, -0.2) is 9.97 Å². The molecule has 0 saturated heterocycles. The number of thiophene rings is 1. The molecular weight excluding hydrogens is 311 g/mol. The Kier molecular flexibility index (Phi) is 3.58. The van der Waals surface area contributed by atoms with Crippen LogP contribution in [0.3, 0.4) is 0 Å². The predicted octanol–water partition coefficient (Wildman–Crippen LogP) is 4.47. The number of hydrogen-bond donors (Lipinski definition) is 1. The van der Waals surface area contributed by atoms with Crippen LogP contribution >= 0.6 is 11.3 Å². The lowest BCUT2D eigenvalue weighted by atomic mass is 10.0. The van der Waals surface area contributed by atoms with Crippen molar-refractivity contribution in [2.24, 2.45) is 0 Å². The van der Waals surface area contributed by atoms with Crippen molar-refractivity contribution in [1.82, 2.24) is 9.97 Å². The molecule has 0 aliphatic carbocycles. The summed E-state index contributed by atoms with van der Waals surface area (Å²) >= 11 is 1.44. The Labute approximate surface area is 128 Å². The molecule has 3 aromatic rings. The second-order valence-electron chi connectivity index (χ2n) is 4.55. The van der Waals surface area contributed by atoms with Gasteiger partial charge in [0.15, 0.2) is 0 Å². The van der Waals surface area contributed by atoms with Crippen LogP contribution in [0, 0.1) is 0 Å². The van der Waals surface area contributed by atoms with E-state index in [-0.39, 0.29) is 5.95 Å². The third-order valence-corrected chi connectivity index (χ3v) is 3.94. The predicted molar refractivity (Wildman–Crippen MR) is 80.2 cm³/mol. The van der Waals surface area contributed by atoms with Crippen LogP contribution in [0.4, 0.5) is 19.1 Å². The van der Waals surface area contributed by atoms with Crippen molar-refractivity contribution >= 4 is 17.3 Å². The van der Waals surface area contributed by atoms with E-state index in [1.54, 1.807) is 6.07 Å². The molecule has 0 radical (unpaired) electrons. The van der Waals surface area contributed by atoms with E-state index >= 15 is 0 Å². The van der Waals surface area contributed by atoms with Gasteiger partial charge in [-0.3, -0.25) is 0 Å². The van der Waals surface area contributed by atoms with Gasteiger partial charge in [-0.05, 0) is 29.1 Å². The first kappa shape index (κ1) is 14.5. The lowest BCUT2D eigenvalue weighted by Crippen LogP contribution is -2.05. The maximum Gasteiger partial charge on any atom is 0.416 e. The van der Waals surface area contributed by atoms with Gasteiger partial charge in [0, 0.05) is 11.8 Å². The van der Waals surface area contributed by atoms with Crippen molar-refractivity contribution in [3.8, 4) is 21.7 Å². The van der Waals surface area contributed by atoms with E-state index < -0.39 is 11.7 Å². The normalized spacial score (nSPS) is 11.6. The van der Waals surface area contributed by atoms with Crippen LogP contribution in [0.15, 0.2) is 48.0 Å². The summed E-state index contributed by atoms with van der Waals surface area (Å²) in [6, 6.07) is 8.77. The number of hydrogen-bond acceptors (Lipinski definition) is 4. The van der Waals surface area contributed by atoms with E-state index in [4.69, 9.17) is 5.73 Å². The van der Waals surface area contributed by atoms with Crippen LogP contribution in [0.25, 0.3) is 21.7 Å². The molecule has 112 valence electrons. The van der Waals surface area contributed by atoms with E-state index in [2.05, 4.69) is 9.97 Å². The van der Waals surface area contributed by atoms with Crippen LogP contribution < -0.4 is 5.73 Å². The van der Waals surface area contributed by atoms with Gasteiger partial charge in [0.1, 0.15) is 0 Å². The Hall–Kier alpha value is -2.41. The molecule has 1 aromatic carbocycles. The highest BCUT2D eigenvalue weighted by Gasteiger charge is 2.30. The molecule has 0 saturated carbocycles. The minimum atomic E-state index is -4.40. The summed E-state index contributed by atoms with van der Waals surface area (Å²) in [5.41, 5.74) is 6.35. The second kappa shape index (κ2) is 5.42. The van der Waals surface area contributed by atoms with Crippen LogP contribution in [-0.2, 0) is 6.18 Å². The summed E-state index contributed by atoms with van der Waals surface area (Å²) in [6.45, 7) is 0. The third-order valence-electron chi connectivity index (χ3n) is 3.06. The van der Waals surface area contributed by atoms with Crippen molar-refractivity contribution in [3.63, 3.8) is 0 Å². The topological polar surface area (TPSA) is 51.8 Å². The zero-order valence-corrected chi connectivity index (χ0v) is 11.9. The monoisotopic (exact) mass is 321 g/mol. The number of aromatic nitrogens is 2. The maximum atomic E-state index is 12.9. The lowest BCUT2D eigenvalue weighted by Gasteiger charge is -2.11. The van der Waals surface area contributed by atoms with Gasteiger partial charge in [0.05, 0.1) is 16.1 Å². The Balaban J connectivity index is 2.17. The van der Waals surface area contributed by atoms with Gasteiger partial charge in [0.2, 0.25) is 5.95 Å². The first-order valence-corrected chi connectivity index (χ1v) is 7.17. The van der Waals surface area contributed by atoms with Crippen molar-refractivity contribution in [1.29, 1.82) is 0 Å². The van der Waals surface area contributed by atoms with E-state index in [1.807, 2.05) is 17.5 Å². The van der Waals surface area contributed by atoms with E-state index in [0.29, 0.717) is 16.8 Å². The number of benzene rings is 1. The number of nitrogens with two attached hydrogens (primary N) is 1. The summed E-state index contributed by atoms with van der Waals surface area (Å²) in [7, 11) is 0. The third kappa shape index (κ3) is 2.80. The van der Waals surface area contributed by atoms with E-state index in [9.17, 15) is 13.2 Å². The van der Waals surface area contributed by atoms with Crippen molar-refractivity contribution in [2.45, 2.75) is 6.18 Å². The Morgan fingerprint density at radius 1 is 1.09 bits per heavy atom. The van der Waals surface area contributed by atoms with Gasteiger partial charge in [-0.2, -0.15) is 13.2 Å². The molecule has 0 amide bonds. The van der Waals surface area contributed by atoms with Gasteiger partial charge in [-0.25, -0.2) is 9.97 Å². The Morgan fingerprint density at radius 2 is 1.91 bits per heavy atom. The molecule has 2 aromatic heterocycles. The highest BCUT2D eigenvalue weighted by Crippen LogP contribution is 2.36. The zero-order chi connectivity index (χ0) is 15.7. The quantitative estimate of drug-likeness (QED) is 0.757. The average Bonchev–Trinajstić information content (AvgIpc) is 3.00. The van der Waals surface area contributed by atoms with Crippen molar-refractivity contribution in [3.05, 3.63) is 53.5 Å². The standard InChI is InChI=1S/C15H10F3N3S/c16-15(17,18)10-4-1-3-9(7-10)11-8-20-14(19)21-13(11)12-5-2-6-22-12/h1-8H,(H2,19,20,21). The number of alkyl halides is 3. The summed E-state index contributed by atoms with van der Waals surface area (Å²) in [4.78, 5) is 8.91. The first-order valence-electron chi connectivity index (χ1n) is 6.29. The van der Waals surface area contributed by atoms with Crippen LogP contribution in [0.1, 0.15) is 5.56 Å². The van der Waals surface area contributed by atoms with Gasteiger partial charge in [0.25, 0.3) is 0 Å². The molecule has 7 heteroatoms. The summed E-state index contributed by atoms with van der Waals surface area (Å²) in [5.74, 6) is 0.0825. The molecule has 0 fully saturated rings. The highest BCUT2D eigenvalue weighted by molar-refractivity contribution is 7.13. The molecule has 22 heavy (non-hydrogen) atoms. The summed E-state index contributed by atoms with van der Waals surface area (Å²) in [5, 5.41) is 1.86. The lowest BCUT2D eigenvalue weighted by molar-refractivity contribution is -0.137. The summed E-state index contributed by atoms with van der Waals surface area (Å²) in [6.07, 6.45) is -2.94. The first-order chi connectivity index (χ1) is 10.4. The fourth-order valence-electron chi connectivity index (χ4n) is 2.07. The molecule has 3 rings (SSSR count). The molecular formula is C15H10F3N3S. The maximum absolute atomic E-state index is 12.9. The Morgan fingerprint density at radius 3 is 2.59 bits per heavy atom. The van der Waals surface area contributed by atoms with Gasteiger partial charge >= 0.3 is 6.18 Å². The fourth-order valence-corrected chi connectivity index (χ4v) is 2.80. The molecule has 0 aliphatic heterocycles. The average molecular weight is 321 g/mol. The molecule has 2 heterocycles. The number of anilines is 1. The molecule has 0 spiro atoms. The zero-order valence-electron chi connectivity index (χ0n) is 11.1. The molecule has 2 N–H and O–H groups in total. The minimum Gasteiger partial charge on any atom is -0.368 e. The van der Waals surface area contributed by atoms with Gasteiger partial charge in [-0.15, -0.1) is 11.3 Å². The van der Waals surface area contributed by atoms with Crippen LogP contribution in [0.2, 0.25) is 0 Å². The number of rotatable bonds is 2. The summed E-state index contributed by atoms with van der Waals surface area (Å²) < 4.78 is 38.6. The smallest absolute Gasteiger partial charge is 0.368 e. The fraction of sp³-hybridized carbons (Fsp3) is 0.0667. The number of nitrogen functional groups attached to an aromatic ring is 1. The molecule has 3 nitrogen and oxygen atoms in total. The van der Waals surface area contributed by atoms with Gasteiger partial charge in [-0.1, -0.05) is 18.2 Å². The second-order valence-corrected chi connectivity index (χ2v) is 5.49. The molecule has 0 atom stereocenters. The minimum absolute atomic E-state index is 0.0825. The van der Waals surface area contributed by atoms with Gasteiger partial charge < -0.3 is 5.73 Å².